The van der Waals surface area contributed by atoms with Crippen molar-refractivity contribution in [3.63, 3.8) is 0 Å². The van der Waals surface area contributed by atoms with Gasteiger partial charge in [0.1, 0.15) is 0 Å². The van der Waals surface area contributed by atoms with Crippen LogP contribution in [-0.4, -0.2) is 11.6 Å². The highest BCUT2D eigenvalue weighted by Gasteiger charge is 2.45. The number of ketones is 2. The summed E-state index contributed by atoms with van der Waals surface area (Å²) in [6.07, 6.45) is 8.82. The predicted molar refractivity (Wildman–Crippen MR) is 69.8 cm³/mol. The van der Waals surface area contributed by atoms with E-state index in [1.807, 2.05) is 42.5 Å². The van der Waals surface area contributed by atoms with Gasteiger partial charge in [0.05, 0.1) is 5.41 Å². The van der Waals surface area contributed by atoms with Crippen molar-refractivity contribution in [3.8, 4) is 0 Å². The van der Waals surface area contributed by atoms with Crippen LogP contribution in [0.2, 0.25) is 0 Å². The Hall–Kier alpha value is -2.22. The highest BCUT2D eigenvalue weighted by Crippen LogP contribution is 2.46. The minimum atomic E-state index is -0.771. The summed E-state index contributed by atoms with van der Waals surface area (Å²) in [5.74, 6) is 0.00751. The van der Waals surface area contributed by atoms with Crippen molar-refractivity contribution in [1.29, 1.82) is 0 Å². The molecule has 0 unspecified atom stereocenters. The number of allylic oxidation sites excluding steroid dienone is 6. The molecule has 2 heteroatoms. The van der Waals surface area contributed by atoms with Gasteiger partial charge in [0.25, 0.3) is 0 Å². The van der Waals surface area contributed by atoms with Crippen LogP contribution in [0.1, 0.15) is 12.0 Å². The Balaban J connectivity index is 2.15. The summed E-state index contributed by atoms with van der Waals surface area (Å²) in [4.78, 5) is 24.0. The smallest absolute Gasteiger partial charge is 0.170 e. The molecule has 0 saturated heterocycles. The van der Waals surface area contributed by atoms with E-state index in [1.165, 1.54) is 0 Å². The van der Waals surface area contributed by atoms with Crippen LogP contribution >= 0.6 is 0 Å². The molecular weight excluding hydrogens is 224 g/mol. The molecule has 0 heterocycles. The summed E-state index contributed by atoms with van der Waals surface area (Å²) >= 11 is 0. The first kappa shape index (κ1) is 10.9. The van der Waals surface area contributed by atoms with Gasteiger partial charge < -0.3 is 0 Å². The lowest BCUT2D eigenvalue weighted by atomic mass is 9.72. The maximum atomic E-state index is 12.2. The van der Waals surface area contributed by atoms with Crippen LogP contribution in [0, 0.1) is 5.41 Å². The molecule has 0 bridgehead atoms. The second-order valence-corrected chi connectivity index (χ2v) is 4.62. The molecule has 2 aliphatic carbocycles. The van der Waals surface area contributed by atoms with Gasteiger partial charge in [0, 0.05) is 6.42 Å². The van der Waals surface area contributed by atoms with Gasteiger partial charge >= 0.3 is 0 Å². The van der Waals surface area contributed by atoms with Crippen molar-refractivity contribution >= 4 is 17.1 Å². The lowest BCUT2D eigenvalue weighted by Gasteiger charge is -2.27. The van der Waals surface area contributed by atoms with Gasteiger partial charge in [-0.1, -0.05) is 48.6 Å². The third-order valence-corrected chi connectivity index (χ3v) is 3.50. The molecule has 1 aromatic carbocycles. The number of carbonyl (C=O) groups excluding carboxylic acids is 2. The summed E-state index contributed by atoms with van der Waals surface area (Å²) in [7, 11) is 0. The lowest BCUT2D eigenvalue weighted by Crippen LogP contribution is -2.29. The summed E-state index contributed by atoms with van der Waals surface area (Å²) in [6.45, 7) is 0. The van der Waals surface area contributed by atoms with E-state index in [2.05, 4.69) is 0 Å². The van der Waals surface area contributed by atoms with Gasteiger partial charge in [-0.3, -0.25) is 9.59 Å². The Labute approximate surface area is 105 Å². The molecular formula is C16H12O2. The zero-order chi connectivity index (χ0) is 12.6. The molecule has 2 aliphatic rings. The number of hydrogen-bond acceptors (Lipinski definition) is 2. The SMILES string of the molecule is O=C1C=C(c2ccccc2)[C@]2(C=CC=CC2=O)C1. The van der Waals surface area contributed by atoms with E-state index in [-0.39, 0.29) is 18.0 Å². The van der Waals surface area contributed by atoms with Gasteiger partial charge in [-0.25, -0.2) is 0 Å². The molecule has 2 nitrogen and oxygen atoms in total. The third kappa shape index (κ3) is 1.50. The average molecular weight is 236 g/mol. The zero-order valence-electron chi connectivity index (χ0n) is 9.80. The molecule has 0 saturated carbocycles. The van der Waals surface area contributed by atoms with Gasteiger partial charge in [0.15, 0.2) is 11.6 Å². The Morgan fingerprint density at radius 3 is 2.50 bits per heavy atom. The topological polar surface area (TPSA) is 34.1 Å². The van der Waals surface area contributed by atoms with E-state index >= 15 is 0 Å². The highest BCUT2D eigenvalue weighted by atomic mass is 16.1. The van der Waals surface area contributed by atoms with Crippen LogP contribution in [0.15, 0.2) is 60.7 Å². The second-order valence-electron chi connectivity index (χ2n) is 4.62. The predicted octanol–water partition coefficient (Wildman–Crippen LogP) is 2.72. The van der Waals surface area contributed by atoms with Crippen molar-refractivity contribution in [2.24, 2.45) is 5.41 Å². The molecule has 0 aromatic heterocycles. The van der Waals surface area contributed by atoms with Crippen LogP contribution in [0.25, 0.3) is 5.57 Å². The Morgan fingerprint density at radius 1 is 1.00 bits per heavy atom. The normalized spacial score (nSPS) is 25.9. The van der Waals surface area contributed by atoms with Crippen molar-refractivity contribution in [3.05, 3.63) is 66.3 Å². The minimum Gasteiger partial charge on any atom is -0.295 e. The molecule has 0 N–H and O–H groups in total. The van der Waals surface area contributed by atoms with Crippen LogP contribution in [0.3, 0.4) is 0 Å². The largest absolute Gasteiger partial charge is 0.295 e. The first-order valence-corrected chi connectivity index (χ1v) is 5.93. The highest BCUT2D eigenvalue weighted by molar-refractivity contribution is 6.17. The molecule has 1 spiro atoms. The molecule has 3 rings (SSSR count). The summed E-state index contributed by atoms with van der Waals surface area (Å²) in [6, 6.07) is 9.63. The standard InChI is InChI=1S/C16H12O2/c17-13-10-14(12-6-2-1-3-7-12)16(11-13)9-5-4-8-15(16)18/h1-10H,11H2/t16-/m0/s1. The molecule has 1 aromatic rings. The van der Waals surface area contributed by atoms with Crippen molar-refractivity contribution in [1.82, 2.24) is 0 Å². The van der Waals surface area contributed by atoms with Crippen LogP contribution in [-0.2, 0) is 9.59 Å². The molecule has 0 amide bonds. The maximum absolute atomic E-state index is 12.2. The average Bonchev–Trinajstić information content (AvgIpc) is 2.72. The van der Waals surface area contributed by atoms with Crippen molar-refractivity contribution in [2.45, 2.75) is 6.42 Å². The Kier molecular flexibility index (Phi) is 2.37. The molecule has 0 aliphatic heterocycles. The quantitative estimate of drug-likeness (QED) is 0.751. The maximum Gasteiger partial charge on any atom is 0.170 e. The van der Waals surface area contributed by atoms with Gasteiger partial charge in [-0.15, -0.1) is 0 Å². The van der Waals surface area contributed by atoms with E-state index < -0.39 is 5.41 Å². The molecule has 1 atom stereocenters. The lowest BCUT2D eigenvalue weighted by molar-refractivity contribution is -0.123. The fourth-order valence-electron chi connectivity index (χ4n) is 2.63. The van der Waals surface area contributed by atoms with E-state index in [0.717, 1.165) is 11.1 Å². The summed E-state index contributed by atoms with van der Waals surface area (Å²) < 4.78 is 0. The van der Waals surface area contributed by atoms with Gasteiger partial charge in [-0.05, 0) is 23.3 Å². The summed E-state index contributed by atoms with van der Waals surface area (Å²) in [5, 5.41) is 0. The number of hydrogen-bond donors (Lipinski definition) is 0. The van der Waals surface area contributed by atoms with Gasteiger partial charge in [0.2, 0.25) is 0 Å². The van der Waals surface area contributed by atoms with Gasteiger partial charge in [-0.2, -0.15) is 0 Å². The van der Waals surface area contributed by atoms with E-state index in [4.69, 9.17) is 0 Å². The molecule has 18 heavy (non-hydrogen) atoms. The minimum absolute atomic E-state index is 0.00838. The number of carbonyl (C=O) groups is 2. The Morgan fingerprint density at radius 2 is 1.78 bits per heavy atom. The number of rotatable bonds is 1. The van der Waals surface area contributed by atoms with Crippen molar-refractivity contribution in [2.75, 3.05) is 0 Å². The number of benzene rings is 1. The van der Waals surface area contributed by atoms with Crippen LogP contribution < -0.4 is 0 Å². The van der Waals surface area contributed by atoms with Crippen LogP contribution in [0.5, 0.6) is 0 Å². The van der Waals surface area contributed by atoms with E-state index in [9.17, 15) is 9.59 Å². The fraction of sp³-hybridized carbons (Fsp3) is 0.125. The molecule has 0 fully saturated rings. The second kappa shape index (κ2) is 3.91. The van der Waals surface area contributed by atoms with E-state index in [0.29, 0.717) is 0 Å². The monoisotopic (exact) mass is 236 g/mol. The molecule has 0 radical (unpaired) electrons. The first-order valence-electron chi connectivity index (χ1n) is 5.93. The third-order valence-electron chi connectivity index (χ3n) is 3.50. The summed E-state index contributed by atoms with van der Waals surface area (Å²) in [5.41, 5.74) is 0.989. The zero-order valence-corrected chi connectivity index (χ0v) is 9.80. The molecule has 88 valence electrons. The van der Waals surface area contributed by atoms with Crippen LogP contribution in [0.4, 0.5) is 0 Å². The van der Waals surface area contributed by atoms with E-state index in [1.54, 1.807) is 18.2 Å². The van der Waals surface area contributed by atoms with Crippen molar-refractivity contribution < 1.29 is 9.59 Å². The first-order chi connectivity index (χ1) is 8.72. The fourth-order valence-corrected chi connectivity index (χ4v) is 2.63. The Bertz CT molecular complexity index is 605.